The third kappa shape index (κ3) is 5.27. The summed E-state index contributed by atoms with van der Waals surface area (Å²) in [4.78, 5) is 60.2. The number of amides is 2. The number of pyridine rings is 2. The number of hydrogen-bond acceptors (Lipinski definition) is 6. The van der Waals surface area contributed by atoms with Crippen LogP contribution in [0.3, 0.4) is 0 Å². The average molecular weight is 621 g/mol. The summed E-state index contributed by atoms with van der Waals surface area (Å²) in [6, 6.07) is 21.3. The Bertz CT molecular complexity index is 2320. The van der Waals surface area contributed by atoms with Crippen LogP contribution in [0.1, 0.15) is 52.6 Å². The van der Waals surface area contributed by atoms with E-state index < -0.39 is 5.97 Å². The van der Waals surface area contributed by atoms with Crippen molar-refractivity contribution in [3.8, 4) is 0 Å². The van der Waals surface area contributed by atoms with Gasteiger partial charge in [-0.1, -0.05) is 42.5 Å². The number of carboxylic acids is 1. The van der Waals surface area contributed by atoms with Gasteiger partial charge in [0.05, 0.1) is 5.56 Å². The van der Waals surface area contributed by atoms with Crippen molar-refractivity contribution < 1.29 is 24.3 Å². The lowest BCUT2D eigenvalue weighted by Crippen LogP contribution is -2.26. The highest BCUT2D eigenvalue weighted by atomic mass is 16.4. The number of aromatic carboxylic acids is 1. The number of aromatic nitrogens is 2. The van der Waals surface area contributed by atoms with Gasteiger partial charge >= 0.3 is 5.97 Å². The van der Waals surface area contributed by atoms with E-state index in [1.807, 2.05) is 42.5 Å². The third-order valence-electron chi connectivity index (χ3n) is 8.62. The van der Waals surface area contributed by atoms with Crippen LogP contribution in [0.4, 0.5) is 0 Å². The van der Waals surface area contributed by atoms with E-state index in [-0.39, 0.29) is 22.9 Å². The van der Waals surface area contributed by atoms with Gasteiger partial charge in [-0.05, 0) is 86.6 Å². The van der Waals surface area contributed by atoms with E-state index in [0.717, 1.165) is 33.6 Å². The molecule has 0 aliphatic carbocycles. The number of carbonyl (C=O) groups excluding carboxylic acids is 3. The monoisotopic (exact) mass is 620 g/mol. The van der Waals surface area contributed by atoms with Gasteiger partial charge in [0.2, 0.25) is 0 Å². The minimum atomic E-state index is -1.15. The van der Waals surface area contributed by atoms with Gasteiger partial charge in [-0.15, -0.1) is 0 Å². The van der Waals surface area contributed by atoms with Gasteiger partial charge in [0.15, 0.2) is 6.29 Å². The minimum Gasteiger partial charge on any atom is -0.478 e. The summed E-state index contributed by atoms with van der Waals surface area (Å²) in [5.74, 6) is -1.84. The Morgan fingerprint density at radius 1 is 0.596 bits per heavy atom. The van der Waals surface area contributed by atoms with Gasteiger partial charge in [0.1, 0.15) is 0 Å². The lowest BCUT2D eigenvalue weighted by molar-refractivity contribution is 0.0698. The molecular weight excluding hydrogens is 592 g/mol. The SMILES string of the molecule is O=Cc1ccc2c3ccc(C(=O)NCCc4cccnc4)c4c(C(=O)O)ccc(c5ccc(C(=O)NCCc6cccnc6)c1c52)c43. The van der Waals surface area contributed by atoms with Crippen molar-refractivity contribution in [1.82, 2.24) is 20.6 Å². The zero-order chi connectivity index (χ0) is 32.5. The second kappa shape index (κ2) is 12.3. The minimum absolute atomic E-state index is 0.0110. The van der Waals surface area contributed by atoms with Crippen LogP contribution in [-0.4, -0.2) is 52.2 Å². The van der Waals surface area contributed by atoms with Crippen LogP contribution in [0, 0.1) is 0 Å². The molecule has 0 spiro atoms. The van der Waals surface area contributed by atoms with Crippen LogP contribution in [0.15, 0.2) is 97.6 Å². The molecular formula is C38H28N4O5. The van der Waals surface area contributed by atoms with Crippen molar-refractivity contribution in [1.29, 1.82) is 0 Å². The van der Waals surface area contributed by atoms with E-state index in [1.54, 1.807) is 49.1 Å². The highest BCUT2D eigenvalue weighted by Crippen LogP contribution is 2.43. The lowest BCUT2D eigenvalue weighted by atomic mass is 9.84. The molecule has 2 amide bonds. The molecule has 9 nitrogen and oxygen atoms in total. The first kappa shape index (κ1) is 29.5. The number of carbonyl (C=O) groups is 4. The van der Waals surface area contributed by atoms with Crippen molar-refractivity contribution in [3.63, 3.8) is 0 Å². The predicted molar refractivity (Wildman–Crippen MR) is 181 cm³/mol. The molecule has 0 saturated carbocycles. The maximum absolute atomic E-state index is 13.6. The molecule has 2 heterocycles. The second-order valence-corrected chi connectivity index (χ2v) is 11.3. The largest absolute Gasteiger partial charge is 0.478 e. The molecule has 7 aromatic rings. The van der Waals surface area contributed by atoms with Crippen LogP contribution >= 0.6 is 0 Å². The fraction of sp³-hybridized carbons (Fsp3) is 0.105. The molecule has 0 bridgehead atoms. The summed E-state index contributed by atoms with van der Waals surface area (Å²) in [5.41, 5.74) is 2.96. The van der Waals surface area contributed by atoms with E-state index in [9.17, 15) is 24.3 Å². The zero-order valence-electron chi connectivity index (χ0n) is 25.1. The molecule has 0 atom stereocenters. The molecule has 0 saturated heterocycles. The normalized spacial score (nSPS) is 11.3. The standard InChI is InChI=1S/C38H28N4O5/c43-21-24-5-6-25-27-8-11-30(37(45)42-18-14-23-4-2-16-40-20-23)35-31(38(46)47)12-9-28(34(27)35)26-7-10-29(32(24)33(25)26)36(44)41-17-13-22-3-1-15-39-19-22/h1-12,15-16,19-21H,13-14,17-18H2,(H,41,44)(H,42,45)(H,46,47). The predicted octanol–water partition coefficient (Wildman–Crippen LogP) is 5.98. The van der Waals surface area contributed by atoms with Crippen molar-refractivity contribution >= 4 is 67.2 Å². The van der Waals surface area contributed by atoms with E-state index in [0.29, 0.717) is 64.0 Å². The maximum Gasteiger partial charge on any atom is 0.336 e. The molecule has 0 aliphatic rings. The molecule has 9 heteroatoms. The molecule has 230 valence electrons. The van der Waals surface area contributed by atoms with Gasteiger partial charge in [-0.25, -0.2) is 4.79 Å². The summed E-state index contributed by atoms with van der Waals surface area (Å²) in [6.45, 7) is 0.733. The lowest BCUT2D eigenvalue weighted by Gasteiger charge is -2.19. The van der Waals surface area contributed by atoms with E-state index in [4.69, 9.17) is 0 Å². The van der Waals surface area contributed by atoms with Crippen LogP contribution in [0.2, 0.25) is 0 Å². The number of fused-ring (bicyclic) bond motifs is 2. The molecule has 0 aliphatic heterocycles. The van der Waals surface area contributed by atoms with Crippen LogP contribution < -0.4 is 10.6 Å². The fourth-order valence-corrected chi connectivity index (χ4v) is 6.49. The maximum atomic E-state index is 13.6. The molecule has 2 aromatic heterocycles. The zero-order valence-corrected chi connectivity index (χ0v) is 25.1. The number of hydrogen-bond donors (Lipinski definition) is 3. The van der Waals surface area contributed by atoms with Gasteiger partial charge in [-0.3, -0.25) is 24.4 Å². The van der Waals surface area contributed by atoms with Crippen LogP contribution in [0.25, 0.3) is 43.1 Å². The first-order chi connectivity index (χ1) is 23.0. The smallest absolute Gasteiger partial charge is 0.336 e. The summed E-state index contributed by atoms with van der Waals surface area (Å²) in [6.07, 6.45) is 8.78. The van der Waals surface area contributed by atoms with Crippen molar-refractivity contribution in [2.24, 2.45) is 0 Å². The first-order valence-corrected chi connectivity index (χ1v) is 15.2. The third-order valence-corrected chi connectivity index (χ3v) is 8.62. The Balaban J connectivity index is 1.35. The van der Waals surface area contributed by atoms with Gasteiger partial charge in [-0.2, -0.15) is 0 Å². The Morgan fingerprint density at radius 2 is 1.06 bits per heavy atom. The fourth-order valence-electron chi connectivity index (χ4n) is 6.49. The topological polar surface area (TPSA) is 138 Å². The molecule has 3 N–H and O–H groups in total. The Morgan fingerprint density at radius 3 is 1.53 bits per heavy atom. The van der Waals surface area contributed by atoms with Gasteiger partial charge < -0.3 is 15.7 Å². The number of rotatable bonds is 10. The number of nitrogens with zero attached hydrogens (tertiary/aromatic N) is 2. The molecule has 0 radical (unpaired) electrons. The van der Waals surface area contributed by atoms with E-state index in [1.165, 1.54) is 6.07 Å². The van der Waals surface area contributed by atoms with Crippen LogP contribution in [-0.2, 0) is 12.8 Å². The molecule has 0 unspecified atom stereocenters. The highest BCUT2D eigenvalue weighted by Gasteiger charge is 2.24. The van der Waals surface area contributed by atoms with E-state index >= 15 is 0 Å². The second-order valence-electron chi connectivity index (χ2n) is 11.3. The Hall–Kier alpha value is -6.22. The molecule has 0 fully saturated rings. The highest BCUT2D eigenvalue weighted by molar-refractivity contribution is 6.38. The molecule has 7 rings (SSSR count). The summed E-state index contributed by atoms with van der Waals surface area (Å²) >= 11 is 0. The summed E-state index contributed by atoms with van der Waals surface area (Å²) < 4.78 is 0. The summed E-state index contributed by atoms with van der Waals surface area (Å²) in [7, 11) is 0. The van der Waals surface area contributed by atoms with Crippen molar-refractivity contribution in [2.75, 3.05) is 13.1 Å². The number of carboxylic acid groups (broad SMARTS) is 1. The summed E-state index contributed by atoms with van der Waals surface area (Å²) in [5, 5.41) is 21.3. The number of aldehydes is 1. The quantitative estimate of drug-likeness (QED) is 0.0971. The Kier molecular flexibility index (Phi) is 7.71. The van der Waals surface area contributed by atoms with Gasteiger partial charge in [0.25, 0.3) is 11.8 Å². The van der Waals surface area contributed by atoms with E-state index in [2.05, 4.69) is 20.6 Å². The Labute approximate surface area is 268 Å². The molecule has 5 aromatic carbocycles. The number of benzene rings is 5. The van der Waals surface area contributed by atoms with Crippen molar-refractivity contribution in [3.05, 3.63) is 131 Å². The number of nitrogens with one attached hydrogen (secondary N) is 2. The molecule has 47 heavy (non-hydrogen) atoms. The van der Waals surface area contributed by atoms with Gasteiger partial charge in [0, 0.05) is 65.3 Å². The first-order valence-electron chi connectivity index (χ1n) is 15.2. The van der Waals surface area contributed by atoms with Crippen molar-refractivity contribution in [2.45, 2.75) is 12.8 Å². The van der Waals surface area contributed by atoms with Crippen LogP contribution in [0.5, 0.6) is 0 Å². The average Bonchev–Trinajstić information content (AvgIpc) is 3.10.